The second kappa shape index (κ2) is 6.29. The normalized spacial score (nSPS) is 10.5. The lowest BCUT2D eigenvalue weighted by Gasteiger charge is -2.04. The van der Waals surface area contributed by atoms with E-state index in [0.717, 1.165) is 18.3 Å². The van der Waals surface area contributed by atoms with E-state index >= 15 is 0 Å². The van der Waals surface area contributed by atoms with Gasteiger partial charge in [0.05, 0.1) is 6.21 Å². The van der Waals surface area contributed by atoms with E-state index in [1.165, 1.54) is 0 Å². The van der Waals surface area contributed by atoms with Crippen LogP contribution < -0.4 is 10.7 Å². The number of nitrogens with one attached hydrogen (secondary N) is 2. The van der Waals surface area contributed by atoms with E-state index in [1.54, 1.807) is 24.3 Å². The molecule has 0 aromatic heterocycles. The third-order valence-corrected chi connectivity index (χ3v) is 2.53. The van der Waals surface area contributed by atoms with Crippen molar-refractivity contribution >= 4 is 17.9 Å². The number of rotatable bonds is 3. The highest BCUT2D eigenvalue weighted by Gasteiger charge is 2.06. The minimum absolute atomic E-state index is 0.144. The van der Waals surface area contributed by atoms with Gasteiger partial charge in [0.1, 0.15) is 5.75 Å². The SMILES string of the molecule is O=C(N/N=C/c1cc(O)c(O)cc1O)Nc1ccccc1. The maximum atomic E-state index is 11.5. The molecule has 0 fully saturated rings. The Morgan fingerprint density at radius 2 is 1.67 bits per heavy atom. The number of carbonyl (C=O) groups is 1. The number of aromatic hydroxyl groups is 3. The number of anilines is 1. The molecule has 21 heavy (non-hydrogen) atoms. The molecule has 0 atom stereocenters. The first-order valence-corrected chi connectivity index (χ1v) is 5.96. The number of urea groups is 1. The zero-order valence-electron chi connectivity index (χ0n) is 10.8. The standard InChI is InChI=1S/C14H13N3O4/c18-11-7-13(20)12(19)6-9(11)8-15-17-14(21)16-10-4-2-1-3-5-10/h1-8,18-20H,(H2,16,17,21)/b15-8+. The van der Waals surface area contributed by atoms with Crippen molar-refractivity contribution in [2.45, 2.75) is 0 Å². The van der Waals surface area contributed by atoms with Gasteiger partial charge in [-0.1, -0.05) is 18.2 Å². The molecule has 2 amide bonds. The van der Waals surface area contributed by atoms with Gasteiger partial charge in [0, 0.05) is 17.3 Å². The lowest BCUT2D eigenvalue weighted by Crippen LogP contribution is -2.24. The van der Waals surface area contributed by atoms with Gasteiger partial charge in [0.2, 0.25) is 0 Å². The lowest BCUT2D eigenvalue weighted by atomic mass is 10.2. The van der Waals surface area contributed by atoms with Gasteiger partial charge in [-0.25, -0.2) is 10.2 Å². The number of para-hydroxylation sites is 1. The third kappa shape index (κ3) is 3.87. The Balaban J connectivity index is 1.96. The molecule has 108 valence electrons. The predicted octanol–water partition coefficient (Wildman–Crippen LogP) is 1.96. The number of nitrogens with zero attached hydrogens (tertiary/aromatic N) is 1. The zero-order chi connectivity index (χ0) is 15.2. The van der Waals surface area contributed by atoms with E-state index < -0.39 is 17.5 Å². The van der Waals surface area contributed by atoms with Crippen LogP contribution in [0.4, 0.5) is 10.5 Å². The molecule has 0 heterocycles. The molecule has 2 aromatic carbocycles. The van der Waals surface area contributed by atoms with Crippen LogP contribution in [0.5, 0.6) is 17.2 Å². The van der Waals surface area contributed by atoms with Crippen molar-refractivity contribution in [2.24, 2.45) is 5.10 Å². The summed E-state index contributed by atoms with van der Waals surface area (Å²) >= 11 is 0. The molecule has 0 bridgehead atoms. The number of hydrogen-bond donors (Lipinski definition) is 5. The molecule has 5 N–H and O–H groups in total. The molecule has 0 radical (unpaired) electrons. The fourth-order valence-corrected chi connectivity index (χ4v) is 1.53. The smallest absolute Gasteiger partial charge is 0.339 e. The molecule has 0 aliphatic rings. The van der Waals surface area contributed by atoms with Crippen molar-refractivity contribution < 1.29 is 20.1 Å². The van der Waals surface area contributed by atoms with Crippen molar-refractivity contribution in [1.29, 1.82) is 0 Å². The van der Waals surface area contributed by atoms with Crippen molar-refractivity contribution in [3.8, 4) is 17.2 Å². The van der Waals surface area contributed by atoms with Crippen LogP contribution in [0.2, 0.25) is 0 Å². The zero-order valence-corrected chi connectivity index (χ0v) is 10.8. The van der Waals surface area contributed by atoms with Crippen molar-refractivity contribution in [1.82, 2.24) is 5.43 Å². The Morgan fingerprint density at radius 3 is 2.38 bits per heavy atom. The predicted molar refractivity (Wildman–Crippen MR) is 77.6 cm³/mol. The van der Waals surface area contributed by atoms with E-state index in [0.29, 0.717) is 5.69 Å². The number of carbonyl (C=O) groups excluding carboxylic acids is 1. The number of amides is 2. The molecule has 2 aromatic rings. The van der Waals surface area contributed by atoms with Gasteiger partial charge in [-0.2, -0.15) is 5.10 Å². The number of hydrogen-bond acceptors (Lipinski definition) is 5. The second-order valence-corrected chi connectivity index (χ2v) is 4.09. The monoisotopic (exact) mass is 287 g/mol. The van der Waals surface area contributed by atoms with E-state index in [1.807, 2.05) is 6.07 Å². The van der Waals surface area contributed by atoms with Crippen LogP contribution in [0.1, 0.15) is 5.56 Å². The second-order valence-electron chi connectivity index (χ2n) is 4.09. The molecule has 0 saturated carbocycles. The Bertz CT molecular complexity index is 671. The summed E-state index contributed by atoms with van der Waals surface area (Å²) in [7, 11) is 0. The highest BCUT2D eigenvalue weighted by Crippen LogP contribution is 2.31. The third-order valence-electron chi connectivity index (χ3n) is 2.53. The van der Waals surface area contributed by atoms with E-state index in [2.05, 4.69) is 15.8 Å². The van der Waals surface area contributed by atoms with Gasteiger partial charge in [0.15, 0.2) is 11.5 Å². The van der Waals surface area contributed by atoms with Gasteiger partial charge < -0.3 is 20.6 Å². The van der Waals surface area contributed by atoms with Crippen LogP contribution in [0.25, 0.3) is 0 Å². The number of benzene rings is 2. The van der Waals surface area contributed by atoms with Crippen LogP contribution in [-0.4, -0.2) is 27.6 Å². The van der Waals surface area contributed by atoms with Crippen molar-refractivity contribution in [3.63, 3.8) is 0 Å². The van der Waals surface area contributed by atoms with Crippen LogP contribution in [0.15, 0.2) is 47.6 Å². The molecule has 7 heteroatoms. The summed E-state index contributed by atoms with van der Waals surface area (Å²) in [5, 5.41) is 34.2. The first-order valence-electron chi connectivity index (χ1n) is 5.96. The van der Waals surface area contributed by atoms with Crippen molar-refractivity contribution in [2.75, 3.05) is 5.32 Å². The summed E-state index contributed by atoms with van der Waals surface area (Å²) in [5.41, 5.74) is 2.96. The molecular formula is C14H13N3O4. The quantitative estimate of drug-likeness (QED) is 0.257. The summed E-state index contributed by atoms with van der Waals surface area (Å²) in [6.45, 7) is 0. The molecular weight excluding hydrogens is 274 g/mol. The van der Waals surface area contributed by atoms with Gasteiger partial charge in [-0.15, -0.1) is 0 Å². The summed E-state index contributed by atoms with van der Waals surface area (Å²) in [6.07, 6.45) is 1.14. The number of phenols is 3. The summed E-state index contributed by atoms with van der Waals surface area (Å²) in [6, 6.07) is 10.3. The molecule has 2 rings (SSSR count). The van der Waals surface area contributed by atoms with Crippen LogP contribution in [-0.2, 0) is 0 Å². The number of phenolic OH excluding ortho intramolecular Hbond substituents is 3. The fourth-order valence-electron chi connectivity index (χ4n) is 1.53. The Hall–Kier alpha value is -3.22. The average molecular weight is 287 g/mol. The highest BCUT2D eigenvalue weighted by atomic mass is 16.3. The fraction of sp³-hybridized carbons (Fsp3) is 0. The van der Waals surface area contributed by atoms with Crippen LogP contribution in [0, 0.1) is 0 Å². The Labute approximate surface area is 120 Å². The average Bonchev–Trinajstić information content (AvgIpc) is 2.45. The highest BCUT2D eigenvalue weighted by molar-refractivity contribution is 5.91. The summed E-state index contributed by atoms with van der Waals surface area (Å²) in [4.78, 5) is 11.5. The first kappa shape index (κ1) is 14.2. The van der Waals surface area contributed by atoms with Crippen LogP contribution in [0.3, 0.4) is 0 Å². The molecule has 0 spiro atoms. The van der Waals surface area contributed by atoms with Gasteiger partial charge in [-0.05, 0) is 18.2 Å². The van der Waals surface area contributed by atoms with Crippen LogP contribution >= 0.6 is 0 Å². The Kier molecular flexibility index (Phi) is 4.25. The number of hydrazone groups is 1. The Morgan fingerprint density at radius 1 is 1.00 bits per heavy atom. The molecule has 0 saturated heterocycles. The topological polar surface area (TPSA) is 114 Å². The largest absolute Gasteiger partial charge is 0.507 e. The van der Waals surface area contributed by atoms with E-state index in [-0.39, 0.29) is 11.3 Å². The van der Waals surface area contributed by atoms with Gasteiger partial charge in [0.25, 0.3) is 0 Å². The molecule has 0 unspecified atom stereocenters. The summed E-state index contributed by atoms with van der Waals surface area (Å²) < 4.78 is 0. The maximum Gasteiger partial charge on any atom is 0.339 e. The minimum atomic E-state index is -0.556. The van der Waals surface area contributed by atoms with Gasteiger partial charge >= 0.3 is 6.03 Å². The maximum absolute atomic E-state index is 11.5. The molecule has 0 aliphatic heterocycles. The minimum Gasteiger partial charge on any atom is -0.507 e. The van der Waals surface area contributed by atoms with Gasteiger partial charge in [-0.3, -0.25) is 0 Å². The lowest BCUT2D eigenvalue weighted by molar-refractivity contribution is 0.252. The molecule has 7 nitrogen and oxygen atoms in total. The molecule has 0 aliphatic carbocycles. The van der Waals surface area contributed by atoms with E-state index in [9.17, 15) is 15.0 Å². The first-order chi connectivity index (χ1) is 10.1. The van der Waals surface area contributed by atoms with Crippen molar-refractivity contribution in [3.05, 3.63) is 48.0 Å². The van der Waals surface area contributed by atoms with E-state index in [4.69, 9.17) is 5.11 Å². The summed E-state index contributed by atoms with van der Waals surface area (Å²) in [5.74, 6) is -1.12.